The minimum absolute atomic E-state index is 0.00175. The van der Waals surface area contributed by atoms with Crippen LogP contribution in [0.3, 0.4) is 0 Å². The first-order valence-corrected chi connectivity index (χ1v) is 11.7. The highest BCUT2D eigenvalue weighted by atomic mass is 19.4. The van der Waals surface area contributed by atoms with Crippen LogP contribution in [0.15, 0.2) is 41.0 Å². The van der Waals surface area contributed by atoms with Crippen molar-refractivity contribution in [3.8, 4) is 17.2 Å². The lowest BCUT2D eigenvalue weighted by Crippen LogP contribution is -2.48. The van der Waals surface area contributed by atoms with Gasteiger partial charge < -0.3 is 25.1 Å². The predicted molar refractivity (Wildman–Crippen MR) is 126 cm³/mol. The Bertz CT molecular complexity index is 1330. The van der Waals surface area contributed by atoms with Gasteiger partial charge in [0.1, 0.15) is 17.0 Å². The summed E-state index contributed by atoms with van der Waals surface area (Å²) < 4.78 is 50.7. The number of nitrogens with two attached hydrogens (primary N) is 1. The van der Waals surface area contributed by atoms with Gasteiger partial charge in [-0.25, -0.2) is 9.97 Å². The smallest absolute Gasteiger partial charge is 0.433 e. The van der Waals surface area contributed by atoms with Crippen molar-refractivity contribution in [1.29, 1.82) is 0 Å². The van der Waals surface area contributed by atoms with Crippen LogP contribution in [0.1, 0.15) is 41.2 Å². The van der Waals surface area contributed by atoms with Crippen LogP contribution in [-0.4, -0.2) is 47.0 Å². The van der Waals surface area contributed by atoms with Crippen molar-refractivity contribution in [1.82, 2.24) is 20.2 Å². The van der Waals surface area contributed by atoms with Gasteiger partial charge in [0.05, 0.1) is 13.7 Å². The van der Waals surface area contributed by atoms with Gasteiger partial charge in [-0.15, -0.1) is 0 Å². The van der Waals surface area contributed by atoms with Crippen LogP contribution in [0, 0.1) is 5.92 Å². The maximum absolute atomic E-state index is 13.2. The molecule has 5 rings (SSSR count). The molecule has 1 aromatic carbocycles. The maximum Gasteiger partial charge on any atom is 0.433 e. The van der Waals surface area contributed by atoms with E-state index < -0.39 is 17.8 Å². The van der Waals surface area contributed by atoms with Gasteiger partial charge in [0.15, 0.2) is 11.5 Å². The lowest BCUT2D eigenvalue weighted by molar-refractivity contribution is -0.140. The Hall–Kier alpha value is -3.60. The number of rotatable bonds is 7. The number of oxazole rings is 1. The number of benzene rings is 1. The molecule has 1 aliphatic carbocycles. The quantitative estimate of drug-likeness (QED) is 0.502. The fourth-order valence-corrected chi connectivity index (χ4v) is 4.61. The molecule has 1 saturated heterocycles. The van der Waals surface area contributed by atoms with Crippen LogP contribution in [0.2, 0.25) is 0 Å². The van der Waals surface area contributed by atoms with Crippen molar-refractivity contribution in [2.45, 2.75) is 38.0 Å². The summed E-state index contributed by atoms with van der Waals surface area (Å²) in [5, 5.41) is 3.32. The van der Waals surface area contributed by atoms with E-state index in [4.69, 9.17) is 14.9 Å². The van der Waals surface area contributed by atoms with Gasteiger partial charge in [-0.05, 0) is 43.5 Å². The highest BCUT2D eigenvalue weighted by Crippen LogP contribution is 2.38. The Labute approximate surface area is 205 Å². The highest BCUT2D eigenvalue weighted by Gasteiger charge is 2.36. The standard InChI is InChI=1S/C25H26F3N5O3/c1-13(33-8-3-9-33)14-10-15(11-14)30-23(34)22-19(12-29)36-24(32-22)17-4-6-18(35-2)21-16(17)5-7-20(31-21)25(26,27)28/h4-7,14-15H,1,3,8-12,29H2,2H3,(H,30,34). The molecule has 0 bridgehead atoms. The third kappa shape index (κ3) is 4.27. The number of carbonyl (C=O) groups is 1. The number of nitrogens with zero attached hydrogens (tertiary/aromatic N) is 3. The predicted octanol–water partition coefficient (Wildman–Crippen LogP) is 4.10. The van der Waals surface area contributed by atoms with Crippen molar-refractivity contribution in [3.63, 3.8) is 0 Å². The Balaban J connectivity index is 1.39. The molecule has 3 N–H and O–H groups in total. The highest BCUT2D eigenvalue weighted by molar-refractivity contribution is 5.98. The van der Waals surface area contributed by atoms with E-state index in [2.05, 4.69) is 26.8 Å². The number of alkyl halides is 3. The number of likely N-dealkylation sites (tertiary alicyclic amines) is 1. The topological polar surface area (TPSA) is 107 Å². The molecule has 190 valence electrons. The number of amides is 1. The first kappa shape index (κ1) is 24.1. The van der Waals surface area contributed by atoms with Crippen molar-refractivity contribution in [3.05, 3.63) is 53.7 Å². The molecular weight excluding hydrogens is 475 g/mol. The third-order valence-electron chi connectivity index (χ3n) is 6.87. The van der Waals surface area contributed by atoms with Crippen LogP contribution in [0.5, 0.6) is 5.75 Å². The molecule has 8 nitrogen and oxygen atoms in total. The fourth-order valence-electron chi connectivity index (χ4n) is 4.61. The lowest BCUT2D eigenvalue weighted by Gasteiger charge is -2.44. The van der Waals surface area contributed by atoms with Gasteiger partial charge >= 0.3 is 6.18 Å². The van der Waals surface area contributed by atoms with Gasteiger partial charge in [-0.3, -0.25) is 4.79 Å². The van der Waals surface area contributed by atoms with Gasteiger partial charge in [0.25, 0.3) is 5.91 Å². The van der Waals surface area contributed by atoms with Gasteiger partial charge in [0.2, 0.25) is 5.89 Å². The van der Waals surface area contributed by atoms with Gasteiger partial charge in [-0.2, -0.15) is 13.2 Å². The fraction of sp³-hybridized carbons (Fsp3) is 0.400. The Morgan fingerprint density at radius 2 is 2.00 bits per heavy atom. The summed E-state index contributed by atoms with van der Waals surface area (Å²) in [5.41, 5.74) is 6.33. The molecule has 3 aromatic rings. The van der Waals surface area contributed by atoms with E-state index in [-0.39, 0.29) is 41.2 Å². The number of fused-ring (bicyclic) bond motifs is 1. The second-order valence-electron chi connectivity index (χ2n) is 9.07. The molecule has 1 saturated carbocycles. The minimum atomic E-state index is -4.61. The van der Waals surface area contributed by atoms with E-state index in [1.807, 2.05) is 0 Å². The summed E-state index contributed by atoms with van der Waals surface area (Å²) in [6.07, 6.45) is -1.82. The molecule has 0 atom stereocenters. The molecular formula is C25H26F3N5O3. The molecule has 1 amide bonds. The molecule has 3 heterocycles. The van der Waals surface area contributed by atoms with Crippen molar-refractivity contribution in [2.75, 3.05) is 20.2 Å². The van der Waals surface area contributed by atoms with Crippen LogP contribution in [0.25, 0.3) is 22.4 Å². The molecule has 36 heavy (non-hydrogen) atoms. The summed E-state index contributed by atoms with van der Waals surface area (Å²) >= 11 is 0. The second-order valence-corrected chi connectivity index (χ2v) is 9.07. The number of allylic oxidation sites excluding steroid dienone is 1. The van der Waals surface area contributed by atoms with Crippen molar-refractivity contribution >= 4 is 16.8 Å². The van der Waals surface area contributed by atoms with Crippen LogP contribution < -0.4 is 15.8 Å². The number of aromatic nitrogens is 2. The van der Waals surface area contributed by atoms with Gasteiger partial charge in [-0.1, -0.05) is 6.58 Å². The van der Waals surface area contributed by atoms with E-state index in [1.54, 1.807) is 6.07 Å². The second kappa shape index (κ2) is 9.12. The number of hydrogen-bond acceptors (Lipinski definition) is 7. The summed E-state index contributed by atoms with van der Waals surface area (Å²) in [6.45, 7) is 6.20. The molecule has 1 aliphatic heterocycles. The molecule has 2 aliphatic rings. The molecule has 0 spiro atoms. The number of pyridine rings is 1. The zero-order chi connectivity index (χ0) is 25.6. The van der Waals surface area contributed by atoms with Crippen LogP contribution in [0.4, 0.5) is 13.2 Å². The monoisotopic (exact) mass is 501 g/mol. The SMILES string of the molecule is C=C(C1CC(NC(=O)c2nc(-c3ccc(OC)c4nc(C(F)(F)F)ccc34)oc2CN)C1)N1CCC1. The van der Waals surface area contributed by atoms with E-state index in [1.165, 1.54) is 25.7 Å². The number of ether oxygens (including phenoxy) is 1. The lowest BCUT2D eigenvalue weighted by atomic mass is 9.77. The van der Waals surface area contributed by atoms with E-state index in [0.717, 1.165) is 37.7 Å². The first-order valence-electron chi connectivity index (χ1n) is 11.7. The van der Waals surface area contributed by atoms with E-state index in [9.17, 15) is 18.0 Å². The normalized spacial score (nSPS) is 19.5. The number of nitrogens with one attached hydrogen (secondary N) is 1. The van der Waals surface area contributed by atoms with E-state index >= 15 is 0 Å². The summed E-state index contributed by atoms with van der Waals surface area (Å²) in [4.78, 5) is 23.4. The Morgan fingerprint density at radius 3 is 2.61 bits per heavy atom. The molecule has 2 fully saturated rings. The zero-order valence-corrected chi connectivity index (χ0v) is 19.7. The number of methoxy groups -OCH3 is 1. The molecule has 0 unspecified atom stereocenters. The summed E-state index contributed by atoms with van der Waals surface area (Å²) in [7, 11) is 1.35. The van der Waals surface area contributed by atoms with Crippen LogP contribution >= 0.6 is 0 Å². The Morgan fingerprint density at radius 1 is 1.25 bits per heavy atom. The third-order valence-corrected chi connectivity index (χ3v) is 6.87. The zero-order valence-electron chi connectivity index (χ0n) is 19.7. The minimum Gasteiger partial charge on any atom is -0.494 e. The molecule has 2 aromatic heterocycles. The number of hydrogen-bond donors (Lipinski definition) is 2. The summed E-state index contributed by atoms with van der Waals surface area (Å²) in [6, 6.07) is 5.25. The maximum atomic E-state index is 13.2. The number of carbonyl (C=O) groups excluding carboxylic acids is 1. The van der Waals surface area contributed by atoms with Crippen molar-refractivity contribution in [2.24, 2.45) is 11.7 Å². The summed E-state index contributed by atoms with van der Waals surface area (Å²) in [5.74, 6) is 0.374. The van der Waals surface area contributed by atoms with Gasteiger partial charge in [0, 0.05) is 41.7 Å². The molecule has 11 heteroatoms. The molecule has 0 radical (unpaired) electrons. The first-order chi connectivity index (χ1) is 17.2. The van der Waals surface area contributed by atoms with E-state index in [0.29, 0.717) is 16.9 Å². The van der Waals surface area contributed by atoms with Crippen molar-refractivity contribution < 1.29 is 27.1 Å². The largest absolute Gasteiger partial charge is 0.494 e. The Kier molecular flexibility index (Phi) is 6.11. The average Bonchev–Trinajstić information content (AvgIpc) is 3.22. The van der Waals surface area contributed by atoms with Crippen LogP contribution in [-0.2, 0) is 12.7 Å². The average molecular weight is 502 g/mol. The number of halogens is 3.